The van der Waals surface area contributed by atoms with E-state index in [1.54, 1.807) is 6.07 Å². The molecule has 12 heavy (non-hydrogen) atoms. The highest BCUT2D eigenvalue weighted by Gasteiger charge is 2.22. The second kappa shape index (κ2) is 2.75. The van der Waals surface area contributed by atoms with Gasteiger partial charge in [0.15, 0.2) is 11.6 Å². The number of hydrogen-bond donors (Lipinski definition) is 1. The average molecular weight is 168 g/mol. The summed E-state index contributed by atoms with van der Waals surface area (Å²) in [6, 6.07) is 5.15. The third kappa shape index (κ3) is 1.06. The van der Waals surface area contributed by atoms with Crippen molar-refractivity contribution in [2.75, 3.05) is 6.61 Å². The van der Waals surface area contributed by atoms with Gasteiger partial charge in [-0.1, -0.05) is 6.07 Å². The van der Waals surface area contributed by atoms with E-state index in [2.05, 4.69) is 5.73 Å². The number of hydrogen-bond acceptors (Lipinski definition) is 1. The van der Waals surface area contributed by atoms with Crippen molar-refractivity contribution in [1.29, 1.82) is 0 Å². The first-order valence-electron chi connectivity index (χ1n) is 4.03. The Labute approximate surface area is 70.1 Å². The Balaban J connectivity index is 2.52. The van der Waals surface area contributed by atoms with Crippen LogP contribution in [-0.2, 0) is 0 Å². The minimum absolute atomic E-state index is 0.171. The van der Waals surface area contributed by atoms with Crippen LogP contribution in [-0.4, -0.2) is 6.61 Å². The Morgan fingerprint density at radius 3 is 3.08 bits per heavy atom. The molecule has 1 aliphatic rings. The molecule has 1 aromatic rings. The highest BCUT2D eigenvalue weighted by molar-refractivity contribution is 5.37. The van der Waals surface area contributed by atoms with E-state index in [9.17, 15) is 4.39 Å². The van der Waals surface area contributed by atoms with Gasteiger partial charge in [0.2, 0.25) is 0 Å². The van der Waals surface area contributed by atoms with Gasteiger partial charge in [-0.05, 0) is 12.1 Å². The number of benzene rings is 1. The summed E-state index contributed by atoms with van der Waals surface area (Å²) in [4.78, 5) is 0. The lowest BCUT2D eigenvalue weighted by atomic mass is 10.0. The molecule has 0 spiro atoms. The van der Waals surface area contributed by atoms with Crippen LogP contribution in [0.5, 0.6) is 5.75 Å². The summed E-state index contributed by atoms with van der Waals surface area (Å²) in [7, 11) is 0. The van der Waals surface area contributed by atoms with Crippen molar-refractivity contribution in [3.63, 3.8) is 0 Å². The van der Waals surface area contributed by atoms with Gasteiger partial charge in [0.05, 0.1) is 12.2 Å². The summed E-state index contributed by atoms with van der Waals surface area (Å²) in [5.74, 6) is 0.115. The molecular weight excluding hydrogens is 157 g/mol. The number of para-hydroxylation sites is 1. The molecule has 3 N–H and O–H groups in total. The Bertz CT molecular complexity index is 301. The predicted molar refractivity (Wildman–Crippen MR) is 42.1 cm³/mol. The van der Waals surface area contributed by atoms with Crippen molar-refractivity contribution in [2.45, 2.75) is 12.5 Å². The molecule has 1 atom stereocenters. The summed E-state index contributed by atoms with van der Waals surface area (Å²) >= 11 is 0. The van der Waals surface area contributed by atoms with Crippen LogP contribution in [0.3, 0.4) is 0 Å². The second-order valence-electron chi connectivity index (χ2n) is 2.99. The fourth-order valence-corrected chi connectivity index (χ4v) is 1.46. The highest BCUT2D eigenvalue weighted by atomic mass is 19.1. The number of ether oxygens (including phenoxy) is 1. The van der Waals surface area contributed by atoms with E-state index in [4.69, 9.17) is 4.74 Å². The lowest BCUT2D eigenvalue weighted by Gasteiger charge is -2.20. The molecule has 0 amide bonds. The normalized spacial score (nSPS) is 21.3. The van der Waals surface area contributed by atoms with E-state index in [-0.39, 0.29) is 11.9 Å². The van der Waals surface area contributed by atoms with Gasteiger partial charge >= 0.3 is 0 Å². The number of fused-ring (bicyclic) bond motifs is 1. The summed E-state index contributed by atoms with van der Waals surface area (Å²) in [6.07, 6.45) is 0.871. The van der Waals surface area contributed by atoms with E-state index in [1.165, 1.54) is 6.07 Å². The lowest BCUT2D eigenvalue weighted by molar-refractivity contribution is -0.430. The number of halogens is 1. The summed E-state index contributed by atoms with van der Waals surface area (Å²) in [5, 5.41) is 0. The van der Waals surface area contributed by atoms with Crippen LogP contribution in [0.15, 0.2) is 18.2 Å². The van der Waals surface area contributed by atoms with Crippen molar-refractivity contribution >= 4 is 0 Å². The lowest BCUT2D eigenvalue weighted by Crippen LogP contribution is -2.55. The topological polar surface area (TPSA) is 36.9 Å². The fraction of sp³-hybridized carbons (Fsp3) is 0.333. The summed E-state index contributed by atoms with van der Waals surface area (Å²) in [5.41, 5.74) is 4.82. The molecule has 0 fully saturated rings. The molecule has 2 nitrogen and oxygen atoms in total. The summed E-state index contributed by atoms with van der Waals surface area (Å²) in [6.45, 7) is 0.572. The van der Waals surface area contributed by atoms with E-state index in [0.29, 0.717) is 12.4 Å². The Kier molecular flexibility index (Phi) is 1.73. The number of rotatable bonds is 0. The van der Waals surface area contributed by atoms with Gasteiger partial charge in [0.25, 0.3) is 0 Å². The minimum atomic E-state index is -0.277. The van der Waals surface area contributed by atoms with Crippen molar-refractivity contribution in [1.82, 2.24) is 0 Å². The SMILES string of the molecule is [NH3+][C@@H]1CCOc2c(F)cccc21. The monoisotopic (exact) mass is 168 g/mol. The third-order valence-corrected chi connectivity index (χ3v) is 2.15. The molecule has 0 aliphatic carbocycles. The zero-order chi connectivity index (χ0) is 8.55. The minimum Gasteiger partial charge on any atom is -0.490 e. The first-order chi connectivity index (χ1) is 5.79. The molecule has 0 aromatic heterocycles. The molecule has 0 saturated carbocycles. The number of quaternary nitrogens is 1. The maximum atomic E-state index is 13.1. The van der Waals surface area contributed by atoms with Crippen molar-refractivity contribution < 1.29 is 14.9 Å². The van der Waals surface area contributed by atoms with E-state index in [1.807, 2.05) is 6.07 Å². The van der Waals surface area contributed by atoms with Gasteiger partial charge in [-0.15, -0.1) is 0 Å². The van der Waals surface area contributed by atoms with Crippen LogP contribution in [0.25, 0.3) is 0 Å². The van der Waals surface area contributed by atoms with E-state index < -0.39 is 0 Å². The van der Waals surface area contributed by atoms with Gasteiger partial charge in [-0.3, -0.25) is 0 Å². The van der Waals surface area contributed by atoms with Crippen molar-refractivity contribution in [3.8, 4) is 5.75 Å². The van der Waals surface area contributed by atoms with Gasteiger partial charge in [0, 0.05) is 6.42 Å². The Hall–Kier alpha value is -1.09. The van der Waals surface area contributed by atoms with E-state index >= 15 is 0 Å². The highest BCUT2D eigenvalue weighted by Crippen LogP contribution is 2.31. The second-order valence-corrected chi connectivity index (χ2v) is 2.99. The standard InChI is InChI=1S/C9H10FNO/c10-7-3-1-2-6-8(11)4-5-12-9(6)7/h1-3,8H,4-5,11H2/p+1/t8-/m1/s1. The third-order valence-electron chi connectivity index (χ3n) is 2.15. The molecule has 1 aromatic carbocycles. The van der Waals surface area contributed by atoms with Crippen LogP contribution in [0.4, 0.5) is 4.39 Å². The van der Waals surface area contributed by atoms with Crippen LogP contribution in [0.2, 0.25) is 0 Å². The zero-order valence-corrected chi connectivity index (χ0v) is 6.72. The van der Waals surface area contributed by atoms with Gasteiger partial charge in [-0.2, -0.15) is 0 Å². The van der Waals surface area contributed by atoms with Crippen molar-refractivity contribution in [3.05, 3.63) is 29.6 Å². The Morgan fingerprint density at radius 2 is 2.33 bits per heavy atom. The first kappa shape index (κ1) is 7.55. The molecule has 0 bridgehead atoms. The van der Waals surface area contributed by atoms with Crippen LogP contribution >= 0.6 is 0 Å². The van der Waals surface area contributed by atoms with Gasteiger partial charge < -0.3 is 10.5 Å². The van der Waals surface area contributed by atoms with E-state index in [0.717, 1.165) is 12.0 Å². The molecule has 64 valence electrons. The molecule has 0 saturated heterocycles. The molecule has 0 radical (unpaired) electrons. The van der Waals surface area contributed by atoms with Gasteiger partial charge in [-0.25, -0.2) is 4.39 Å². The van der Waals surface area contributed by atoms with Crippen LogP contribution in [0, 0.1) is 5.82 Å². The molecular formula is C9H11FNO+. The zero-order valence-electron chi connectivity index (χ0n) is 6.72. The maximum Gasteiger partial charge on any atom is 0.165 e. The fourth-order valence-electron chi connectivity index (χ4n) is 1.46. The predicted octanol–water partition coefficient (Wildman–Crippen LogP) is 0.891. The average Bonchev–Trinajstić information content (AvgIpc) is 2.07. The Morgan fingerprint density at radius 1 is 1.50 bits per heavy atom. The quantitative estimate of drug-likeness (QED) is 0.613. The molecule has 3 heteroatoms. The molecule has 0 unspecified atom stereocenters. The first-order valence-corrected chi connectivity index (χ1v) is 4.03. The maximum absolute atomic E-state index is 13.1. The van der Waals surface area contributed by atoms with Crippen LogP contribution in [0.1, 0.15) is 18.0 Å². The van der Waals surface area contributed by atoms with Crippen LogP contribution < -0.4 is 10.5 Å². The molecule has 1 heterocycles. The van der Waals surface area contributed by atoms with Gasteiger partial charge in [0.1, 0.15) is 6.04 Å². The largest absolute Gasteiger partial charge is 0.490 e. The summed E-state index contributed by atoms with van der Waals surface area (Å²) < 4.78 is 18.3. The molecule has 1 aliphatic heterocycles. The molecule has 2 rings (SSSR count). The van der Waals surface area contributed by atoms with Crippen molar-refractivity contribution in [2.24, 2.45) is 0 Å². The smallest absolute Gasteiger partial charge is 0.165 e.